The second kappa shape index (κ2) is 7.31. The fraction of sp³-hybridized carbons (Fsp3) is 0.385. The number of benzene rings is 1. The second-order valence-electron chi connectivity index (χ2n) is 4.27. The van der Waals surface area contributed by atoms with Gasteiger partial charge in [0.15, 0.2) is 0 Å². The molecule has 0 radical (unpaired) electrons. The first-order chi connectivity index (χ1) is 9.73. The lowest BCUT2D eigenvalue weighted by Crippen LogP contribution is -2.36. The summed E-state index contributed by atoms with van der Waals surface area (Å²) in [5.74, 6) is -1.09. The van der Waals surface area contributed by atoms with Crippen molar-refractivity contribution >= 4 is 17.7 Å². The molecule has 3 nitrogen and oxygen atoms in total. The molecule has 0 aliphatic rings. The van der Waals surface area contributed by atoms with Crippen molar-refractivity contribution in [3.8, 4) is 6.07 Å². The zero-order valence-corrected chi connectivity index (χ0v) is 11.9. The highest BCUT2D eigenvalue weighted by Crippen LogP contribution is 2.19. The zero-order valence-electron chi connectivity index (χ0n) is 11.1. The molecule has 0 unspecified atom stereocenters. The SMILES string of the molecule is CN(CC(F)(F)F)C(=O)CSCc1ccc(F)cc1C#N. The van der Waals surface area contributed by atoms with E-state index in [1.165, 1.54) is 12.1 Å². The van der Waals surface area contributed by atoms with E-state index in [1.807, 2.05) is 6.07 Å². The van der Waals surface area contributed by atoms with Crippen LogP contribution >= 0.6 is 11.8 Å². The van der Waals surface area contributed by atoms with Crippen molar-refractivity contribution < 1.29 is 22.4 Å². The molecule has 0 fully saturated rings. The Morgan fingerprint density at radius 1 is 1.43 bits per heavy atom. The van der Waals surface area contributed by atoms with Crippen LogP contribution in [0.5, 0.6) is 0 Å². The lowest BCUT2D eigenvalue weighted by Gasteiger charge is -2.18. The number of carbonyl (C=O) groups excluding carboxylic acids is 1. The number of rotatable bonds is 5. The Hall–Kier alpha value is -1.75. The van der Waals surface area contributed by atoms with Gasteiger partial charge in [0.25, 0.3) is 0 Å². The molecule has 0 atom stereocenters. The first-order valence-electron chi connectivity index (χ1n) is 5.80. The van der Waals surface area contributed by atoms with Gasteiger partial charge in [0, 0.05) is 12.8 Å². The van der Waals surface area contributed by atoms with Crippen LogP contribution in [0.2, 0.25) is 0 Å². The molecule has 0 bridgehead atoms. The number of alkyl halides is 3. The first kappa shape index (κ1) is 17.3. The van der Waals surface area contributed by atoms with Gasteiger partial charge < -0.3 is 4.90 Å². The van der Waals surface area contributed by atoms with Crippen molar-refractivity contribution in [2.75, 3.05) is 19.3 Å². The number of hydrogen-bond acceptors (Lipinski definition) is 3. The molecular weight excluding hydrogens is 308 g/mol. The summed E-state index contributed by atoms with van der Waals surface area (Å²) in [6.45, 7) is -1.30. The topological polar surface area (TPSA) is 44.1 Å². The van der Waals surface area contributed by atoms with Gasteiger partial charge in [-0.15, -0.1) is 11.8 Å². The van der Waals surface area contributed by atoms with Gasteiger partial charge in [-0.1, -0.05) is 6.07 Å². The second-order valence-corrected chi connectivity index (χ2v) is 5.26. The Bertz CT molecular complexity index is 554. The smallest absolute Gasteiger partial charge is 0.336 e. The van der Waals surface area contributed by atoms with Crippen LogP contribution in [-0.4, -0.2) is 36.3 Å². The van der Waals surface area contributed by atoms with Crippen LogP contribution in [0.1, 0.15) is 11.1 Å². The van der Waals surface area contributed by atoms with Crippen LogP contribution in [0.15, 0.2) is 18.2 Å². The van der Waals surface area contributed by atoms with E-state index in [0.29, 0.717) is 10.5 Å². The van der Waals surface area contributed by atoms with Gasteiger partial charge in [0.05, 0.1) is 17.4 Å². The third-order valence-corrected chi connectivity index (χ3v) is 3.48. The summed E-state index contributed by atoms with van der Waals surface area (Å²) in [6, 6.07) is 5.52. The quantitative estimate of drug-likeness (QED) is 0.784. The molecule has 0 spiro atoms. The number of halogens is 4. The van der Waals surface area contributed by atoms with Crippen LogP contribution < -0.4 is 0 Å². The molecule has 0 heterocycles. The standard InChI is InChI=1S/C13H12F4N2OS/c1-19(8-13(15,16)17)12(20)7-21-6-9-2-3-11(14)4-10(9)5-18/h2-4H,6-8H2,1H3. The van der Waals surface area contributed by atoms with Crippen LogP contribution in [0, 0.1) is 17.1 Å². The third kappa shape index (κ3) is 6.04. The molecule has 1 aromatic rings. The maximum atomic E-state index is 12.9. The maximum absolute atomic E-state index is 12.9. The summed E-state index contributed by atoms with van der Waals surface area (Å²) in [6.07, 6.45) is -4.43. The predicted octanol–water partition coefficient (Wildman–Crippen LogP) is 2.95. The first-order valence-corrected chi connectivity index (χ1v) is 6.95. The molecule has 1 amide bonds. The van der Waals surface area contributed by atoms with Gasteiger partial charge in [0.1, 0.15) is 12.4 Å². The molecule has 114 valence electrons. The summed E-state index contributed by atoms with van der Waals surface area (Å²) in [5, 5.41) is 8.84. The van der Waals surface area contributed by atoms with E-state index in [0.717, 1.165) is 24.9 Å². The zero-order chi connectivity index (χ0) is 16.0. The van der Waals surface area contributed by atoms with Crippen molar-refractivity contribution in [2.24, 2.45) is 0 Å². The minimum Gasteiger partial charge on any atom is -0.336 e. The van der Waals surface area contributed by atoms with E-state index >= 15 is 0 Å². The van der Waals surface area contributed by atoms with Gasteiger partial charge in [-0.25, -0.2) is 4.39 Å². The van der Waals surface area contributed by atoms with E-state index in [2.05, 4.69) is 0 Å². The molecule has 1 aromatic carbocycles. The van der Waals surface area contributed by atoms with Crippen molar-refractivity contribution in [3.63, 3.8) is 0 Å². The lowest BCUT2D eigenvalue weighted by atomic mass is 10.1. The average Bonchev–Trinajstić information content (AvgIpc) is 2.38. The fourth-order valence-electron chi connectivity index (χ4n) is 1.49. The summed E-state index contributed by atoms with van der Waals surface area (Å²) in [7, 11) is 1.08. The number of nitriles is 1. The predicted molar refractivity (Wildman–Crippen MR) is 71.0 cm³/mol. The van der Waals surface area contributed by atoms with Crippen LogP contribution in [0.3, 0.4) is 0 Å². The van der Waals surface area contributed by atoms with E-state index in [4.69, 9.17) is 5.26 Å². The van der Waals surface area contributed by atoms with Crippen molar-refractivity contribution in [1.82, 2.24) is 4.90 Å². The number of hydrogen-bond donors (Lipinski definition) is 0. The molecule has 0 saturated carbocycles. The molecule has 0 N–H and O–H groups in total. The van der Waals surface area contributed by atoms with Gasteiger partial charge >= 0.3 is 6.18 Å². The minimum absolute atomic E-state index is 0.144. The van der Waals surface area contributed by atoms with E-state index in [-0.39, 0.29) is 17.1 Å². The number of amides is 1. The highest BCUT2D eigenvalue weighted by molar-refractivity contribution is 7.99. The Kier molecular flexibility index (Phi) is 6.03. The molecule has 0 aliphatic heterocycles. The Balaban J connectivity index is 2.51. The lowest BCUT2D eigenvalue weighted by molar-refractivity contribution is -0.156. The van der Waals surface area contributed by atoms with Gasteiger partial charge in [-0.2, -0.15) is 18.4 Å². The van der Waals surface area contributed by atoms with Crippen LogP contribution in [-0.2, 0) is 10.5 Å². The monoisotopic (exact) mass is 320 g/mol. The summed E-state index contributed by atoms with van der Waals surface area (Å²) < 4.78 is 49.3. The molecule has 21 heavy (non-hydrogen) atoms. The highest BCUT2D eigenvalue weighted by Gasteiger charge is 2.30. The highest BCUT2D eigenvalue weighted by atomic mass is 32.2. The van der Waals surface area contributed by atoms with Crippen molar-refractivity contribution in [3.05, 3.63) is 35.1 Å². The van der Waals surface area contributed by atoms with Crippen molar-refractivity contribution in [1.29, 1.82) is 5.26 Å². The Morgan fingerprint density at radius 3 is 2.67 bits per heavy atom. The third-order valence-electron chi connectivity index (χ3n) is 2.52. The molecular formula is C13H12F4N2OS. The van der Waals surface area contributed by atoms with Crippen LogP contribution in [0.4, 0.5) is 17.6 Å². The summed E-state index contributed by atoms with van der Waals surface area (Å²) >= 11 is 1.07. The van der Waals surface area contributed by atoms with E-state index < -0.39 is 24.4 Å². The minimum atomic E-state index is -4.43. The molecule has 8 heteroatoms. The molecule has 0 saturated heterocycles. The molecule has 0 aromatic heterocycles. The fourth-order valence-corrected chi connectivity index (χ4v) is 2.46. The summed E-state index contributed by atoms with van der Waals surface area (Å²) in [4.78, 5) is 12.1. The Labute approximate surface area is 123 Å². The molecule has 1 rings (SSSR count). The molecule has 0 aliphatic carbocycles. The summed E-state index contributed by atoms with van der Waals surface area (Å²) in [5.41, 5.74) is 0.689. The Morgan fingerprint density at radius 2 is 2.10 bits per heavy atom. The normalized spacial score (nSPS) is 11.0. The number of carbonyl (C=O) groups is 1. The average molecular weight is 320 g/mol. The number of nitrogens with zero attached hydrogens (tertiary/aromatic N) is 2. The van der Waals surface area contributed by atoms with Crippen molar-refractivity contribution in [2.45, 2.75) is 11.9 Å². The van der Waals surface area contributed by atoms with Crippen LogP contribution in [0.25, 0.3) is 0 Å². The van der Waals surface area contributed by atoms with E-state index in [1.54, 1.807) is 0 Å². The van der Waals surface area contributed by atoms with E-state index in [9.17, 15) is 22.4 Å². The van der Waals surface area contributed by atoms with Gasteiger partial charge in [-0.3, -0.25) is 4.79 Å². The van der Waals surface area contributed by atoms with Gasteiger partial charge in [-0.05, 0) is 17.7 Å². The number of thioether (sulfide) groups is 1. The maximum Gasteiger partial charge on any atom is 0.406 e. The van der Waals surface area contributed by atoms with Gasteiger partial charge in [0.2, 0.25) is 5.91 Å². The largest absolute Gasteiger partial charge is 0.406 e.